The van der Waals surface area contributed by atoms with Crippen LogP contribution in [-0.4, -0.2) is 60.6 Å². The molecular formula is C13H24N2O2. The van der Waals surface area contributed by atoms with E-state index in [1.165, 1.54) is 25.9 Å². The summed E-state index contributed by atoms with van der Waals surface area (Å²) in [5, 5.41) is 8.89. The van der Waals surface area contributed by atoms with Gasteiger partial charge in [0.05, 0.1) is 0 Å². The Kier molecular flexibility index (Phi) is 6.22. The lowest BCUT2D eigenvalue weighted by molar-refractivity contribution is -0.132. The minimum atomic E-state index is -0.791. The van der Waals surface area contributed by atoms with Crippen LogP contribution in [0, 0.1) is 0 Å². The lowest BCUT2D eigenvalue weighted by Gasteiger charge is -2.20. The van der Waals surface area contributed by atoms with E-state index in [4.69, 9.17) is 5.11 Å². The number of hydrogen-bond donors (Lipinski definition) is 1. The van der Waals surface area contributed by atoms with Gasteiger partial charge in [-0.05, 0) is 39.4 Å². The van der Waals surface area contributed by atoms with Crippen molar-refractivity contribution in [3.63, 3.8) is 0 Å². The average Bonchev–Trinajstić information content (AvgIpc) is 2.79. The molecule has 98 valence electrons. The van der Waals surface area contributed by atoms with E-state index in [9.17, 15) is 4.79 Å². The number of carboxylic acid groups (broad SMARTS) is 1. The van der Waals surface area contributed by atoms with Gasteiger partial charge in [-0.25, -0.2) is 4.79 Å². The van der Waals surface area contributed by atoms with E-state index in [-0.39, 0.29) is 0 Å². The number of nitrogens with zero attached hydrogens (tertiary/aromatic N) is 2. The van der Waals surface area contributed by atoms with Crippen molar-refractivity contribution in [2.45, 2.75) is 26.2 Å². The minimum absolute atomic E-state index is 0.512. The fourth-order valence-electron chi connectivity index (χ4n) is 2.06. The van der Waals surface area contributed by atoms with Gasteiger partial charge in [0.2, 0.25) is 0 Å². The minimum Gasteiger partial charge on any atom is -0.478 e. The first-order chi connectivity index (χ1) is 8.13. The molecule has 0 saturated carbocycles. The van der Waals surface area contributed by atoms with E-state index in [0.717, 1.165) is 19.6 Å². The maximum Gasteiger partial charge on any atom is 0.331 e. The van der Waals surface area contributed by atoms with Gasteiger partial charge in [0, 0.05) is 25.2 Å². The van der Waals surface area contributed by atoms with Crippen molar-refractivity contribution in [2.24, 2.45) is 0 Å². The molecule has 0 atom stereocenters. The summed E-state index contributed by atoms with van der Waals surface area (Å²) in [6.07, 6.45) is 5.06. The van der Waals surface area contributed by atoms with E-state index in [1.807, 2.05) is 20.0 Å². The van der Waals surface area contributed by atoms with Crippen molar-refractivity contribution in [2.75, 3.05) is 39.8 Å². The van der Waals surface area contributed by atoms with Crippen LogP contribution in [0.4, 0.5) is 0 Å². The molecule has 0 bridgehead atoms. The molecule has 1 heterocycles. The van der Waals surface area contributed by atoms with Crippen molar-refractivity contribution in [3.8, 4) is 0 Å². The molecule has 4 nitrogen and oxygen atoms in total. The molecule has 0 amide bonds. The number of likely N-dealkylation sites (tertiary alicyclic amines) is 1. The molecule has 0 aromatic rings. The molecule has 1 aliphatic rings. The van der Waals surface area contributed by atoms with Crippen LogP contribution < -0.4 is 0 Å². The molecule has 4 heteroatoms. The predicted molar refractivity (Wildman–Crippen MR) is 69.2 cm³/mol. The zero-order valence-electron chi connectivity index (χ0n) is 11.0. The molecule has 0 aromatic heterocycles. The molecule has 0 radical (unpaired) electrons. The Morgan fingerprint density at radius 2 is 2.06 bits per heavy atom. The Morgan fingerprint density at radius 1 is 1.41 bits per heavy atom. The zero-order chi connectivity index (χ0) is 12.7. The monoisotopic (exact) mass is 240 g/mol. The fourth-order valence-corrected chi connectivity index (χ4v) is 2.06. The number of rotatable bonds is 7. The lowest BCUT2D eigenvalue weighted by Crippen LogP contribution is -2.31. The Balaban J connectivity index is 2.23. The van der Waals surface area contributed by atoms with Crippen molar-refractivity contribution in [1.29, 1.82) is 0 Å². The second-order valence-corrected chi connectivity index (χ2v) is 4.70. The Hall–Kier alpha value is -0.870. The van der Waals surface area contributed by atoms with Crippen LogP contribution >= 0.6 is 0 Å². The van der Waals surface area contributed by atoms with Crippen molar-refractivity contribution in [3.05, 3.63) is 11.6 Å². The zero-order valence-corrected chi connectivity index (χ0v) is 11.0. The van der Waals surface area contributed by atoms with Crippen LogP contribution in [0.2, 0.25) is 0 Å². The first kappa shape index (κ1) is 14.2. The molecule has 0 aliphatic carbocycles. The number of carboxylic acids is 1. The highest BCUT2D eigenvalue weighted by Gasteiger charge is 2.11. The van der Waals surface area contributed by atoms with E-state index < -0.39 is 5.97 Å². The van der Waals surface area contributed by atoms with E-state index in [0.29, 0.717) is 12.0 Å². The molecule has 0 spiro atoms. The smallest absolute Gasteiger partial charge is 0.331 e. The normalized spacial score (nSPS) is 17.9. The largest absolute Gasteiger partial charge is 0.478 e. The molecule has 0 aromatic carbocycles. The second-order valence-electron chi connectivity index (χ2n) is 4.70. The summed E-state index contributed by atoms with van der Waals surface area (Å²) in [5.74, 6) is -0.791. The van der Waals surface area contributed by atoms with Gasteiger partial charge in [-0.15, -0.1) is 0 Å². The molecular weight excluding hydrogens is 216 g/mol. The molecule has 0 unspecified atom stereocenters. The van der Waals surface area contributed by atoms with Crippen LogP contribution in [0.1, 0.15) is 26.2 Å². The Morgan fingerprint density at radius 3 is 2.59 bits per heavy atom. The van der Waals surface area contributed by atoms with Gasteiger partial charge < -0.3 is 14.9 Å². The Bertz CT molecular complexity index is 271. The van der Waals surface area contributed by atoms with Crippen molar-refractivity contribution >= 4 is 5.97 Å². The van der Waals surface area contributed by atoms with Crippen molar-refractivity contribution in [1.82, 2.24) is 9.80 Å². The Labute approximate surface area is 104 Å². The topological polar surface area (TPSA) is 43.8 Å². The first-order valence-electron chi connectivity index (χ1n) is 6.46. The summed E-state index contributed by atoms with van der Waals surface area (Å²) in [6.45, 7) is 7.15. The lowest BCUT2D eigenvalue weighted by atomic mass is 10.2. The van der Waals surface area contributed by atoms with Gasteiger partial charge in [0.1, 0.15) is 0 Å². The summed E-state index contributed by atoms with van der Waals surface area (Å²) in [7, 11) is 2.04. The molecule has 1 N–H and O–H groups in total. The number of likely N-dealkylation sites (N-methyl/N-ethyl adjacent to an activating group) is 1. The summed E-state index contributed by atoms with van der Waals surface area (Å²) < 4.78 is 0. The van der Waals surface area contributed by atoms with Gasteiger partial charge in [0.25, 0.3) is 0 Å². The highest BCUT2D eigenvalue weighted by Crippen LogP contribution is 2.06. The average molecular weight is 240 g/mol. The van der Waals surface area contributed by atoms with Gasteiger partial charge in [0.15, 0.2) is 0 Å². The molecule has 1 fully saturated rings. The van der Waals surface area contributed by atoms with Gasteiger partial charge in [-0.3, -0.25) is 0 Å². The van der Waals surface area contributed by atoms with Gasteiger partial charge in [-0.1, -0.05) is 13.0 Å². The number of carbonyl (C=O) groups is 1. The molecule has 1 aliphatic heterocycles. The van der Waals surface area contributed by atoms with Crippen LogP contribution in [0.15, 0.2) is 11.6 Å². The maximum atomic E-state index is 10.8. The SMILES string of the molecule is CCC(=CCN(C)CCN1CCCC1)C(=O)O. The van der Waals surface area contributed by atoms with E-state index >= 15 is 0 Å². The standard InChI is InChI=1S/C13H24N2O2/c1-3-12(13(16)17)6-9-14(2)10-11-15-7-4-5-8-15/h6H,3-5,7-11H2,1-2H3,(H,16,17). The fraction of sp³-hybridized carbons (Fsp3) is 0.769. The summed E-state index contributed by atoms with van der Waals surface area (Å²) in [5.41, 5.74) is 0.512. The molecule has 1 rings (SSSR count). The van der Waals surface area contributed by atoms with Crippen LogP contribution in [-0.2, 0) is 4.79 Å². The second kappa shape index (κ2) is 7.45. The third kappa shape index (κ3) is 5.33. The third-order valence-corrected chi connectivity index (χ3v) is 3.30. The quantitative estimate of drug-likeness (QED) is 0.684. The summed E-state index contributed by atoms with van der Waals surface area (Å²) >= 11 is 0. The summed E-state index contributed by atoms with van der Waals surface area (Å²) in [4.78, 5) is 15.5. The highest BCUT2D eigenvalue weighted by atomic mass is 16.4. The molecule has 17 heavy (non-hydrogen) atoms. The highest BCUT2D eigenvalue weighted by molar-refractivity contribution is 5.86. The summed E-state index contributed by atoms with van der Waals surface area (Å²) in [6, 6.07) is 0. The van der Waals surface area contributed by atoms with Gasteiger partial charge in [-0.2, -0.15) is 0 Å². The molecule has 1 saturated heterocycles. The van der Waals surface area contributed by atoms with E-state index in [2.05, 4.69) is 9.80 Å². The van der Waals surface area contributed by atoms with Gasteiger partial charge >= 0.3 is 5.97 Å². The maximum absolute atomic E-state index is 10.8. The van der Waals surface area contributed by atoms with Crippen LogP contribution in [0.25, 0.3) is 0 Å². The van der Waals surface area contributed by atoms with Crippen LogP contribution in [0.5, 0.6) is 0 Å². The van der Waals surface area contributed by atoms with E-state index in [1.54, 1.807) is 0 Å². The predicted octanol–water partition coefficient (Wildman–Crippen LogP) is 1.44. The first-order valence-corrected chi connectivity index (χ1v) is 6.46. The third-order valence-electron chi connectivity index (χ3n) is 3.30. The number of aliphatic carboxylic acids is 1. The van der Waals surface area contributed by atoms with Crippen molar-refractivity contribution < 1.29 is 9.90 Å². The van der Waals surface area contributed by atoms with Crippen LogP contribution in [0.3, 0.4) is 0 Å². The number of hydrogen-bond acceptors (Lipinski definition) is 3.